The first-order chi connectivity index (χ1) is 9.60. The van der Waals surface area contributed by atoms with Crippen LogP contribution in [0.5, 0.6) is 0 Å². The van der Waals surface area contributed by atoms with Gasteiger partial charge in [-0.25, -0.2) is 3.11 Å². The lowest BCUT2D eigenvalue weighted by atomic mass is 10.1. The van der Waals surface area contributed by atoms with E-state index >= 15 is 0 Å². The van der Waals surface area contributed by atoms with Crippen molar-refractivity contribution in [3.8, 4) is 0 Å². The first-order valence-corrected chi connectivity index (χ1v) is 7.50. The van der Waals surface area contributed by atoms with Crippen LogP contribution in [0.25, 0.3) is 10.4 Å². The van der Waals surface area contributed by atoms with Crippen LogP contribution in [0.15, 0.2) is 5.11 Å². The Morgan fingerprint density at radius 1 is 1.65 bits per heavy atom. The summed E-state index contributed by atoms with van der Waals surface area (Å²) in [5, 5.41) is 6.69. The number of nitrogens with one attached hydrogen (secondary N) is 1. The molecule has 114 valence electrons. The molecule has 0 saturated carbocycles. The summed E-state index contributed by atoms with van der Waals surface area (Å²) in [4.78, 5) is 16.8. The number of rotatable bonds is 8. The van der Waals surface area contributed by atoms with Gasteiger partial charge < -0.3 is 15.0 Å². The molecule has 0 aromatic carbocycles. The number of likely N-dealkylation sites (N-methyl/N-ethyl adjacent to an activating group) is 2. The van der Waals surface area contributed by atoms with E-state index in [1.54, 1.807) is 11.9 Å². The molecule has 1 fully saturated rings. The molecule has 1 aliphatic rings. The van der Waals surface area contributed by atoms with Crippen molar-refractivity contribution >= 4 is 28.8 Å². The second kappa shape index (κ2) is 9.35. The van der Waals surface area contributed by atoms with Crippen molar-refractivity contribution in [2.24, 2.45) is 5.11 Å². The number of halogens is 1. The second-order valence-corrected chi connectivity index (χ2v) is 5.91. The molecule has 1 amide bonds. The number of azide groups is 1. The number of amides is 1. The number of ether oxygens (including phenoxy) is 1. The fourth-order valence-electron chi connectivity index (χ4n) is 1.99. The first kappa shape index (κ1) is 17.4. The SMILES string of the molecule is CNCCOCCN(C)C(=O)[C@@H]1C[C@H](N=[N+]=[N-])CN1I. The molecule has 8 nitrogen and oxygen atoms in total. The van der Waals surface area contributed by atoms with Crippen LogP contribution < -0.4 is 5.32 Å². The van der Waals surface area contributed by atoms with Crippen molar-refractivity contribution in [3.63, 3.8) is 0 Å². The van der Waals surface area contributed by atoms with Crippen molar-refractivity contribution in [2.45, 2.75) is 18.5 Å². The van der Waals surface area contributed by atoms with E-state index in [-0.39, 0.29) is 18.0 Å². The van der Waals surface area contributed by atoms with Crippen LogP contribution in [0.1, 0.15) is 6.42 Å². The average Bonchev–Trinajstić information content (AvgIpc) is 2.78. The normalized spacial score (nSPS) is 22.6. The number of carbonyl (C=O) groups excluding carboxylic acids is 1. The van der Waals surface area contributed by atoms with E-state index in [9.17, 15) is 4.79 Å². The minimum Gasteiger partial charge on any atom is -0.378 e. The van der Waals surface area contributed by atoms with Gasteiger partial charge in [0.1, 0.15) is 0 Å². The smallest absolute Gasteiger partial charge is 0.240 e. The molecule has 1 saturated heterocycles. The van der Waals surface area contributed by atoms with Gasteiger partial charge in [0.05, 0.1) is 25.3 Å². The topological polar surface area (TPSA) is 93.6 Å². The summed E-state index contributed by atoms with van der Waals surface area (Å²) in [6, 6.07) is -0.334. The van der Waals surface area contributed by atoms with Gasteiger partial charge in [0.2, 0.25) is 5.91 Å². The Bertz CT molecular complexity index is 363. The lowest BCUT2D eigenvalue weighted by Gasteiger charge is -2.24. The van der Waals surface area contributed by atoms with Crippen LogP contribution in [0.4, 0.5) is 0 Å². The highest BCUT2D eigenvalue weighted by Gasteiger charge is 2.36. The van der Waals surface area contributed by atoms with Gasteiger partial charge in [-0.1, -0.05) is 5.11 Å². The number of carbonyl (C=O) groups is 1. The Hall–Kier alpha value is -0.610. The minimum absolute atomic E-state index is 0.0484. The molecule has 9 heteroatoms. The Morgan fingerprint density at radius 2 is 2.40 bits per heavy atom. The van der Waals surface area contributed by atoms with Gasteiger partial charge in [0.15, 0.2) is 0 Å². The summed E-state index contributed by atoms with van der Waals surface area (Å²) >= 11 is 2.12. The van der Waals surface area contributed by atoms with E-state index in [0.29, 0.717) is 32.7 Å². The molecule has 0 unspecified atom stereocenters. The van der Waals surface area contributed by atoms with Crippen LogP contribution in [-0.2, 0) is 9.53 Å². The molecule has 2 atom stereocenters. The van der Waals surface area contributed by atoms with E-state index in [2.05, 4.69) is 38.2 Å². The molecule has 20 heavy (non-hydrogen) atoms. The highest BCUT2D eigenvalue weighted by molar-refractivity contribution is 14.1. The Balaban J connectivity index is 2.35. The Labute approximate surface area is 132 Å². The molecule has 0 aromatic heterocycles. The molecule has 1 heterocycles. The monoisotopic (exact) mass is 396 g/mol. The third-order valence-corrected chi connectivity index (χ3v) is 4.23. The molecule has 1 aliphatic heterocycles. The van der Waals surface area contributed by atoms with Crippen molar-refractivity contribution in [1.82, 2.24) is 13.3 Å². The summed E-state index contributed by atoms with van der Waals surface area (Å²) in [5.74, 6) is 0.0484. The van der Waals surface area contributed by atoms with Gasteiger partial charge >= 0.3 is 0 Å². The first-order valence-electron chi connectivity index (χ1n) is 6.54. The lowest BCUT2D eigenvalue weighted by Crippen LogP contribution is -2.41. The molecule has 1 rings (SSSR count). The molecular formula is C11H21IN6O2. The van der Waals surface area contributed by atoms with E-state index in [4.69, 9.17) is 10.3 Å². The van der Waals surface area contributed by atoms with Crippen molar-refractivity contribution < 1.29 is 9.53 Å². The summed E-state index contributed by atoms with van der Waals surface area (Å²) in [6.45, 7) is 3.15. The van der Waals surface area contributed by atoms with Crippen LogP contribution in [0, 0.1) is 0 Å². The van der Waals surface area contributed by atoms with Crippen LogP contribution in [0.3, 0.4) is 0 Å². The third kappa shape index (κ3) is 5.41. The molecule has 1 N–H and O–H groups in total. The van der Waals surface area contributed by atoms with Gasteiger partial charge in [-0.2, -0.15) is 0 Å². The van der Waals surface area contributed by atoms with Gasteiger partial charge in [0, 0.05) is 54.5 Å². The zero-order chi connectivity index (χ0) is 15.0. The molecule has 0 radical (unpaired) electrons. The fourth-order valence-corrected chi connectivity index (χ4v) is 2.92. The van der Waals surface area contributed by atoms with Crippen LogP contribution >= 0.6 is 22.9 Å². The van der Waals surface area contributed by atoms with Crippen molar-refractivity contribution in [1.29, 1.82) is 0 Å². The van der Waals surface area contributed by atoms with Gasteiger partial charge in [0.25, 0.3) is 0 Å². The van der Waals surface area contributed by atoms with E-state index < -0.39 is 0 Å². The number of hydrogen-bond acceptors (Lipinski definition) is 5. The van der Waals surface area contributed by atoms with Crippen molar-refractivity contribution in [3.05, 3.63) is 10.4 Å². The Kier molecular flexibility index (Phi) is 8.15. The zero-order valence-electron chi connectivity index (χ0n) is 11.8. The second-order valence-electron chi connectivity index (χ2n) is 4.67. The summed E-state index contributed by atoms with van der Waals surface area (Å²) in [7, 11) is 3.64. The number of nitrogens with zero attached hydrogens (tertiary/aromatic N) is 5. The van der Waals surface area contributed by atoms with Gasteiger partial charge in [-0.05, 0) is 19.0 Å². The number of hydrogen-bond donors (Lipinski definition) is 1. The van der Waals surface area contributed by atoms with Gasteiger partial charge in [-0.3, -0.25) is 4.79 Å². The van der Waals surface area contributed by atoms with Crippen molar-refractivity contribution in [2.75, 3.05) is 46.9 Å². The molecule has 0 aliphatic carbocycles. The van der Waals surface area contributed by atoms with E-state index in [1.165, 1.54) is 0 Å². The molecule has 0 bridgehead atoms. The lowest BCUT2D eigenvalue weighted by molar-refractivity contribution is -0.133. The maximum absolute atomic E-state index is 12.3. The maximum atomic E-state index is 12.3. The predicted octanol–water partition coefficient (Wildman–Crippen LogP) is 0.784. The molecule has 0 aromatic rings. The minimum atomic E-state index is -0.214. The molecular weight excluding hydrogens is 375 g/mol. The highest BCUT2D eigenvalue weighted by atomic mass is 127. The predicted molar refractivity (Wildman–Crippen MR) is 84.4 cm³/mol. The third-order valence-electron chi connectivity index (χ3n) is 3.16. The fraction of sp³-hybridized carbons (Fsp3) is 0.909. The molecule has 0 spiro atoms. The summed E-state index contributed by atoms with van der Waals surface area (Å²) < 4.78 is 7.32. The standard InChI is InChI=1S/C11H21IN6O2/c1-14-3-5-20-6-4-17(2)11(19)10-7-9(15-16-13)8-18(10)12/h9-10,14H,3-8H2,1-2H3/t9-,10-/m0/s1. The quantitative estimate of drug-likeness (QED) is 0.164. The van der Waals surface area contributed by atoms with Crippen LogP contribution in [-0.4, -0.2) is 72.9 Å². The largest absolute Gasteiger partial charge is 0.378 e. The van der Waals surface area contributed by atoms with E-state index in [1.807, 2.05) is 10.2 Å². The van der Waals surface area contributed by atoms with Crippen LogP contribution in [0.2, 0.25) is 0 Å². The maximum Gasteiger partial charge on any atom is 0.240 e. The highest BCUT2D eigenvalue weighted by Crippen LogP contribution is 2.25. The summed E-state index contributed by atoms with van der Waals surface area (Å²) in [6.07, 6.45) is 0.580. The Morgan fingerprint density at radius 3 is 3.05 bits per heavy atom. The zero-order valence-corrected chi connectivity index (χ0v) is 14.0. The summed E-state index contributed by atoms with van der Waals surface area (Å²) in [5.41, 5.74) is 8.45. The average molecular weight is 396 g/mol. The van der Waals surface area contributed by atoms with Gasteiger partial charge in [-0.15, -0.1) is 0 Å². The van der Waals surface area contributed by atoms with E-state index in [0.717, 1.165) is 6.54 Å².